The second-order valence-corrected chi connectivity index (χ2v) is 3.71. The van der Waals surface area contributed by atoms with E-state index in [9.17, 15) is 4.79 Å². The Morgan fingerprint density at radius 2 is 2.15 bits per heavy atom. The Kier molecular flexibility index (Phi) is 8.67. The molecule has 0 radical (unpaired) electrons. The van der Waals surface area contributed by atoms with E-state index in [0.29, 0.717) is 6.42 Å². The van der Waals surface area contributed by atoms with Gasteiger partial charge in [-0.3, -0.25) is 4.79 Å². The van der Waals surface area contributed by atoms with Gasteiger partial charge in [-0.2, -0.15) is 0 Å². The molecule has 1 unspecified atom stereocenters. The lowest BCUT2D eigenvalue weighted by Crippen LogP contribution is -2.03. The van der Waals surface area contributed by atoms with Crippen LogP contribution in [0.3, 0.4) is 0 Å². The van der Waals surface area contributed by atoms with E-state index >= 15 is 0 Å². The Balaban J connectivity index is 3.20. The Morgan fingerprint density at radius 1 is 1.46 bits per heavy atom. The maximum atomic E-state index is 10.8. The quantitative estimate of drug-likeness (QED) is 0.379. The van der Waals surface area contributed by atoms with Crippen LogP contribution in [0.5, 0.6) is 0 Å². The molecule has 0 heterocycles. The van der Waals surface area contributed by atoms with Crippen LogP contribution < -0.4 is 0 Å². The van der Waals surface area contributed by atoms with Crippen molar-refractivity contribution >= 4 is 29.2 Å². The van der Waals surface area contributed by atoms with Gasteiger partial charge in [-0.25, -0.2) is 0 Å². The number of rotatable bonds is 7. The van der Waals surface area contributed by atoms with Crippen LogP contribution >= 0.6 is 23.2 Å². The van der Waals surface area contributed by atoms with Gasteiger partial charge in [0.25, 0.3) is 0 Å². The Labute approximate surface area is 89.5 Å². The van der Waals surface area contributed by atoms with Gasteiger partial charge in [0.15, 0.2) is 6.07 Å². The van der Waals surface area contributed by atoms with Crippen LogP contribution in [0.25, 0.3) is 0 Å². The van der Waals surface area contributed by atoms with E-state index in [-0.39, 0.29) is 17.4 Å². The minimum atomic E-state index is -0.224. The fourth-order valence-corrected chi connectivity index (χ4v) is 1.25. The summed E-state index contributed by atoms with van der Waals surface area (Å²) < 4.78 is 4.57. The smallest absolute Gasteiger partial charge is 0.306 e. The van der Waals surface area contributed by atoms with Gasteiger partial charge >= 0.3 is 5.97 Å². The second kappa shape index (κ2) is 8.64. The fraction of sp³-hybridized carbons (Fsp3) is 0.889. The summed E-state index contributed by atoms with van der Waals surface area (Å²) in [4.78, 5) is 10.8. The number of hydrogen-bond acceptors (Lipinski definition) is 2. The van der Waals surface area contributed by atoms with Gasteiger partial charge in [0.1, 0.15) is 0 Å². The van der Waals surface area contributed by atoms with Crippen LogP contribution in [0.15, 0.2) is 0 Å². The molecule has 4 heteroatoms. The van der Waals surface area contributed by atoms with Crippen LogP contribution in [0.1, 0.15) is 39.0 Å². The third-order valence-corrected chi connectivity index (χ3v) is 2.44. The van der Waals surface area contributed by atoms with Gasteiger partial charge < -0.3 is 4.74 Å². The van der Waals surface area contributed by atoms with E-state index in [1.807, 2.05) is 0 Å². The average molecular weight is 227 g/mol. The molecule has 0 N–H and O–H groups in total. The van der Waals surface area contributed by atoms with Crippen LogP contribution in [-0.2, 0) is 9.53 Å². The number of alkyl halides is 2. The van der Waals surface area contributed by atoms with Crippen molar-refractivity contribution in [3.05, 3.63) is 0 Å². The van der Waals surface area contributed by atoms with E-state index in [1.165, 1.54) is 0 Å². The van der Waals surface area contributed by atoms with Crippen molar-refractivity contribution in [2.45, 2.75) is 44.4 Å². The molecule has 0 aromatic carbocycles. The Hall–Kier alpha value is 0.0500. The number of carbonyl (C=O) groups excluding carboxylic acids is 1. The van der Waals surface area contributed by atoms with Crippen molar-refractivity contribution < 1.29 is 9.53 Å². The summed E-state index contributed by atoms with van der Waals surface area (Å²) in [5.74, 6) is -0.224. The largest absolute Gasteiger partial charge is 0.449 e. The van der Waals surface area contributed by atoms with Crippen molar-refractivity contribution in [2.24, 2.45) is 0 Å². The molecule has 0 amide bonds. The summed E-state index contributed by atoms with van der Waals surface area (Å²) in [6.45, 7) is 2.05. The van der Waals surface area contributed by atoms with Crippen molar-refractivity contribution in [2.75, 3.05) is 6.07 Å². The lowest BCUT2D eigenvalue weighted by molar-refractivity contribution is -0.141. The molecular weight excluding hydrogens is 211 g/mol. The highest BCUT2D eigenvalue weighted by Gasteiger charge is 2.04. The summed E-state index contributed by atoms with van der Waals surface area (Å²) in [6, 6.07) is -0.0497. The normalized spacial score (nSPS) is 12.5. The lowest BCUT2D eigenvalue weighted by Gasteiger charge is -2.05. The molecular formula is C9H16Cl2O2. The number of hydrogen-bond donors (Lipinski definition) is 0. The third-order valence-electron chi connectivity index (χ3n) is 1.81. The zero-order chi connectivity index (χ0) is 10.1. The van der Waals surface area contributed by atoms with Gasteiger partial charge in [0.05, 0.1) is 0 Å². The number of unbranched alkanes of at least 4 members (excludes halogenated alkanes) is 1. The minimum Gasteiger partial charge on any atom is -0.449 e. The van der Waals surface area contributed by atoms with Gasteiger partial charge in [0, 0.05) is 11.8 Å². The summed E-state index contributed by atoms with van der Waals surface area (Å²) in [6.07, 6.45) is 4.19. The zero-order valence-electron chi connectivity index (χ0n) is 7.89. The topological polar surface area (TPSA) is 26.3 Å². The van der Waals surface area contributed by atoms with Gasteiger partial charge in [0.2, 0.25) is 0 Å². The predicted octanol–water partition coefficient (Wildman–Crippen LogP) is 3.30. The number of halogens is 2. The minimum absolute atomic E-state index is 0.0497. The standard InChI is InChI=1S/C9H16Cl2O2/c1-2-8(11)5-3-4-6-9(12)13-7-10/h8H,2-7H2,1H3. The maximum absolute atomic E-state index is 10.8. The molecule has 0 rings (SSSR count). The SMILES string of the molecule is CCC(Cl)CCCCC(=O)OCCl. The van der Waals surface area contributed by atoms with E-state index in [4.69, 9.17) is 23.2 Å². The van der Waals surface area contributed by atoms with Gasteiger partial charge in [-0.1, -0.05) is 24.9 Å². The molecule has 0 spiro atoms. The van der Waals surface area contributed by atoms with Crippen molar-refractivity contribution in [3.8, 4) is 0 Å². The molecule has 0 aromatic rings. The molecule has 0 aliphatic rings. The average Bonchev–Trinajstić information content (AvgIpc) is 2.12. The first-order valence-electron chi connectivity index (χ1n) is 4.56. The lowest BCUT2D eigenvalue weighted by atomic mass is 10.1. The van der Waals surface area contributed by atoms with Crippen molar-refractivity contribution in [1.29, 1.82) is 0 Å². The first kappa shape index (κ1) is 13.1. The molecule has 13 heavy (non-hydrogen) atoms. The fourth-order valence-electron chi connectivity index (χ4n) is 0.972. The molecule has 1 atom stereocenters. The molecule has 0 saturated heterocycles. The highest BCUT2D eigenvalue weighted by atomic mass is 35.5. The molecule has 0 aliphatic heterocycles. The highest BCUT2D eigenvalue weighted by Crippen LogP contribution is 2.12. The summed E-state index contributed by atoms with van der Waals surface area (Å²) in [5, 5.41) is 0.240. The van der Waals surface area contributed by atoms with Crippen LogP contribution in [-0.4, -0.2) is 17.4 Å². The van der Waals surface area contributed by atoms with Gasteiger partial charge in [-0.05, 0) is 19.3 Å². The number of esters is 1. The van der Waals surface area contributed by atoms with Crippen LogP contribution in [0, 0.1) is 0 Å². The summed E-state index contributed by atoms with van der Waals surface area (Å²) in [5.41, 5.74) is 0. The molecule has 0 aliphatic carbocycles. The van der Waals surface area contributed by atoms with E-state index in [2.05, 4.69) is 11.7 Å². The highest BCUT2D eigenvalue weighted by molar-refractivity contribution is 6.20. The third kappa shape index (κ3) is 8.38. The molecule has 2 nitrogen and oxygen atoms in total. The van der Waals surface area contributed by atoms with Crippen molar-refractivity contribution in [3.63, 3.8) is 0 Å². The molecule has 0 bridgehead atoms. The van der Waals surface area contributed by atoms with Gasteiger partial charge in [-0.15, -0.1) is 11.6 Å². The summed E-state index contributed by atoms with van der Waals surface area (Å²) >= 11 is 11.1. The predicted molar refractivity (Wildman–Crippen MR) is 55.2 cm³/mol. The molecule has 0 saturated carbocycles. The first-order valence-corrected chi connectivity index (χ1v) is 5.53. The van der Waals surface area contributed by atoms with Crippen molar-refractivity contribution in [1.82, 2.24) is 0 Å². The number of carbonyl (C=O) groups is 1. The molecule has 78 valence electrons. The maximum Gasteiger partial charge on any atom is 0.306 e. The Morgan fingerprint density at radius 3 is 2.69 bits per heavy atom. The Bertz CT molecular complexity index is 140. The van der Waals surface area contributed by atoms with Crippen LogP contribution in [0.4, 0.5) is 0 Å². The zero-order valence-corrected chi connectivity index (χ0v) is 9.40. The monoisotopic (exact) mass is 226 g/mol. The number of ether oxygens (including phenoxy) is 1. The molecule has 0 fully saturated rings. The van der Waals surface area contributed by atoms with E-state index < -0.39 is 0 Å². The second-order valence-electron chi connectivity index (χ2n) is 2.88. The van der Waals surface area contributed by atoms with E-state index in [0.717, 1.165) is 25.7 Å². The first-order chi connectivity index (χ1) is 6.20. The summed E-state index contributed by atoms with van der Waals surface area (Å²) in [7, 11) is 0. The molecule has 0 aromatic heterocycles. The van der Waals surface area contributed by atoms with Crippen LogP contribution in [0.2, 0.25) is 0 Å². The van der Waals surface area contributed by atoms with E-state index in [1.54, 1.807) is 0 Å².